The molecule has 1 unspecified atom stereocenters. The standard InChI is InChI=1S/C6H10ClNO/c1-2-6(7)3-4-8-5-9/h6H,2-4H2,1H3. The summed E-state index contributed by atoms with van der Waals surface area (Å²) < 4.78 is 0. The molecule has 0 spiro atoms. The van der Waals surface area contributed by atoms with Crippen molar-refractivity contribution in [3.63, 3.8) is 0 Å². The Labute approximate surface area is 59.9 Å². The number of hydrogen-bond acceptors (Lipinski definition) is 2. The van der Waals surface area contributed by atoms with Crippen molar-refractivity contribution in [2.45, 2.75) is 25.1 Å². The van der Waals surface area contributed by atoms with Crippen molar-refractivity contribution < 1.29 is 4.79 Å². The van der Waals surface area contributed by atoms with Crippen LogP contribution in [0.4, 0.5) is 0 Å². The second-order valence-electron chi connectivity index (χ2n) is 1.77. The van der Waals surface area contributed by atoms with Gasteiger partial charge in [-0.2, -0.15) is 0 Å². The predicted molar refractivity (Wildman–Crippen MR) is 37.5 cm³/mol. The number of carbonyl (C=O) groups excluding carboxylic acids is 1. The van der Waals surface area contributed by atoms with Crippen molar-refractivity contribution in [2.24, 2.45) is 4.99 Å². The number of rotatable bonds is 4. The fraction of sp³-hybridized carbons (Fsp3) is 0.833. The molecule has 0 amide bonds. The van der Waals surface area contributed by atoms with Gasteiger partial charge in [0.05, 0.1) is 6.54 Å². The minimum atomic E-state index is 0.155. The average molecular weight is 148 g/mol. The molecule has 3 heteroatoms. The summed E-state index contributed by atoms with van der Waals surface area (Å²) in [4.78, 5) is 12.9. The molecule has 1 atom stereocenters. The van der Waals surface area contributed by atoms with Crippen LogP contribution in [0.25, 0.3) is 0 Å². The van der Waals surface area contributed by atoms with Gasteiger partial charge in [-0.3, -0.25) is 0 Å². The van der Waals surface area contributed by atoms with E-state index in [4.69, 9.17) is 11.6 Å². The zero-order valence-corrected chi connectivity index (χ0v) is 6.19. The molecule has 0 aromatic carbocycles. The lowest BCUT2D eigenvalue weighted by atomic mass is 10.2. The number of alkyl halides is 1. The summed E-state index contributed by atoms with van der Waals surface area (Å²) in [6.45, 7) is 2.51. The Morgan fingerprint density at radius 3 is 2.89 bits per heavy atom. The lowest BCUT2D eigenvalue weighted by Gasteiger charge is -1.99. The van der Waals surface area contributed by atoms with E-state index in [-0.39, 0.29) is 5.38 Å². The van der Waals surface area contributed by atoms with E-state index in [0.29, 0.717) is 6.54 Å². The van der Waals surface area contributed by atoms with Crippen LogP contribution in [-0.4, -0.2) is 18.0 Å². The molecule has 9 heavy (non-hydrogen) atoms. The van der Waals surface area contributed by atoms with Gasteiger partial charge in [-0.05, 0) is 12.8 Å². The molecular weight excluding hydrogens is 138 g/mol. The van der Waals surface area contributed by atoms with Crippen molar-refractivity contribution >= 4 is 17.7 Å². The molecule has 0 aliphatic rings. The fourth-order valence-corrected chi connectivity index (χ4v) is 0.552. The van der Waals surface area contributed by atoms with Crippen LogP contribution in [0, 0.1) is 0 Å². The molecule has 0 aliphatic heterocycles. The smallest absolute Gasteiger partial charge is 0.211 e. The zero-order chi connectivity index (χ0) is 7.11. The van der Waals surface area contributed by atoms with Gasteiger partial charge >= 0.3 is 0 Å². The monoisotopic (exact) mass is 147 g/mol. The Morgan fingerprint density at radius 2 is 2.44 bits per heavy atom. The predicted octanol–water partition coefficient (Wildman–Crippen LogP) is 1.73. The van der Waals surface area contributed by atoms with E-state index in [0.717, 1.165) is 12.8 Å². The third-order valence-corrected chi connectivity index (χ3v) is 1.59. The van der Waals surface area contributed by atoms with Gasteiger partial charge in [0.1, 0.15) is 0 Å². The van der Waals surface area contributed by atoms with E-state index in [1.54, 1.807) is 0 Å². The molecule has 0 fully saturated rings. The Balaban J connectivity index is 3.16. The molecule has 0 saturated heterocycles. The summed E-state index contributed by atoms with van der Waals surface area (Å²) in [5, 5.41) is 0.155. The van der Waals surface area contributed by atoms with Crippen LogP contribution < -0.4 is 0 Å². The number of halogens is 1. The van der Waals surface area contributed by atoms with Gasteiger partial charge in [0.2, 0.25) is 6.08 Å². The van der Waals surface area contributed by atoms with Gasteiger partial charge in [0, 0.05) is 5.38 Å². The van der Waals surface area contributed by atoms with Crippen LogP contribution >= 0.6 is 11.6 Å². The highest BCUT2D eigenvalue weighted by molar-refractivity contribution is 6.20. The molecule has 0 aliphatic carbocycles. The Kier molecular flexibility index (Phi) is 5.59. The highest BCUT2D eigenvalue weighted by Gasteiger charge is 1.97. The van der Waals surface area contributed by atoms with Crippen LogP contribution in [0.15, 0.2) is 4.99 Å². The van der Waals surface area contributed by atoms with Gasteiger partial charge in [0.15, 0.2) is 0 Å². The third kappa shape index (κ3) is 5.54. The quantitative estimate of drug-likeness (QED) is 0.338. The molecule has 0 aromatic rings. The first-order valence-electron chi connectivity index (χ1n) is 2.99. The number of hydrogen-bond donors (Lipinski definition) is 0. The maximum Gasteiger partial charge on any atom is 0.234 e. The summed E-state index contributed by atoms with van der Waals surface area (Å²) in [5.74, 6) is 0. The summed E-state index contributed by atoms with van der Waals surface area (Å²) >= 11 is 5.71. The second-order valence-corrected chi connectivity index (χ2v) is 2.38. The molecule has 2 nitrogen and oxygen atoms in total. The van der Waals surface area contributed by atoms with Crippen molar-refractivity contribution in [1.82, 2.24) is 0 Å². The van der Waals surface area contributed by atoms with Crippen molar-refractivity contribution in [2.75, 3.05) is 6.54 Å². The van der Waals surface area contributed by atoms with Crippen molar-refractivity contribution in [1.29, 1.82) is 0 Å². The van der Waals surface area contributed by atoms with Crippen LogP contribution in [-0.2, 0) is 4.79 Å². The Morgan fingerprint density at radius 1 is 1.78 bits per heavy atom. The average Bonchev–Trinajstić information content (AvgIpc) is 1.89. The first-order valence-corrected chi connectivity index (χ1v) is 3.42. The van der Waals surface area contributed by atoms with Crippen LogP contribution in [0.2, 0.25) is 0 Å². The van der Waals surface area contributed by atoms with E-state index in [9.17, 15) is 4.79 Å². The molecule has 0 bridgehead atoms. The van der Waals surface area contributed by atoms with E-state index in [1.165, 1.54) is 6.08 Å². The first kappa shape index (κ1) is 8.67. The first-order chi connectivity index (χ1) is 4.31. The second kappa shape index (κ2) is 5.80. The summed E-state index contributed by atoms with van der Waals surface area (Å²) in [6, 6.07) is 0. The van der Waals surface area contributed by atoms with E-state index in [1.807, 2.05) is 6.92 Å². The van der Waals surface area contributed by atoms with Gasteiger partial charge in [-0.25, -0.2) is 9.79 Å². The van der Waals surface area contributed by atoms with Crippen molar-refractivity contribution in [3.05, 3.63) is 0 Å². The molecule has 0 radical (unpaired) electrons. The maximum absolute atomic E-state index is 9.54. The summed E-state index contributed by atoms with van der Waals surface area (Å²) in [5.41, 5.74) is 0. The largest absolute Gasteiger partial charge is 0.234 e. The third-order valence-electron chi connectivity index (χ3n) is 1.06. The molecule has 0 aromatic heterocycles. The highest BCUT2D eigenvalue weighted by Crippen LogP contribution is 2.05. The van der Waals surface area contributed by atoms with E-state index < -0.39 is 0 Å². The van der Waals surface area contributed by atoms with Crippen LogP contribution in [0.3, 0.4) is 0 Å². The molecule has 0 N–H and O–H groups in total. The topological polar surface area (TPSA) is 29.4 Å². The molecule has 52 valence electrons. The normalized spacial score (nSPS) is 12.2. The molecule has 0 rings (SSSR count). The maximum atomic E-state index is 9.54. The Hall–Kier alpha value is -0.330. The van der Waals surface area contributed by atoms with Gasteiger partial charge < -0.3 is 0 Å². The van der Waals surface area contributed by atoms with Gasteiger partial charge in [-0.1, -0.05) is 6.92 Å². The molecule has 0 heterocycles. The van der Waals surface area contributed by atoms with E-state index in [2.05, 4.69) is 4.99 Å². The Bertz CT molecular complexity index is 110. The van der Waals surface area contributed by atoms with Gasteiger partial charge in [0.25, 0.3) is 0 Å². The highest BCUT2D eigenvalue weighted by atomic mass is 35.5. The minimum absolute atomic E-state index is 0.155. The number of aliphatic imine (C=N–C) groups is 1. The molecular formula is C6H10ClNO. The number of nitrogens with zero attached hydrogens (tertiary/aromatic N) is 1. The summed E-state index contributed by atoms with van der Waals surface area (Å²) in [7, 11) is 0. The lowest BCUT2D eigenvalue weighted by Crippen LogP contribution is -1.97. The fourth-order valence-electron chi connectivity index (χ4n) is 0.454. The number of isocyanates is 1. The minimum Gasteiger partial charge on any atom is -0.211 e. The van der Waals surface area contributed by atoms with Crippen LogP contribution in [0.5, 0.6) is 0 Å². The summed E-state index contributed by atoms with van der Waals surface area (Å²) in [6.07, 6.45) is 3.16. The van der Waals surface area contributed by atoms with Crippen molar-refractivity contribution in [3.8, 4) is 0 Å². The van der Waals surface area contributed by atoms with Gasteiger partial charge in [-0.15, -0.1) is 11.6 Å². The lowest BCUT2D eigenvalue weighted by molar-refractivity contribution is 0.562. The van der Waals surface area contributed by atoms with Crippen LogP contribution in [0.1, 0.15) is 19.8 Å². The molecule has 0 saturated carbocycles. The SMILES string of the molecule is CCC(Cl)CCN=C=O. The zero-order valence-electron chi connectivity index (χ0n) is 5.43. The van der Waals surface area contributed by atoms with E-state index >= 15 is 0 Å².